The molecule has 0 spiro atoms. The number of fused-ring (bicyclic) bond motifs is 1. The lowest BCUT2D eigenvalue weighted by Crippen LogP contribution is -2.39. The van der Waals surface area contributed by atoms with Crippen LogP contribution in [0.15, 0.2) is 28.8 Å². The zero-order valence-corrected chi connectivity index (χ0v) is 14.1. The predicted octanol–water partition coefficient (Wildman–Crippen LogP) is 3.20. The van der Waals surface area contributed by atoms with Gasteiger partial charge in [-0.25, -0.2) is 0 Å². The summed E-state index contributed by atoms with van der Waals surface area (Å²) >= 11 is 0. The van der Waals surface area contributed by atoms with Gasteiger partial charge in [-0.2, -0.15) is 4.98 Å². The molecule has 2 aromatic rings. The summed E-state index contributed by atoms with van der Waals surface area (Å²) in [5, 5.41) is 4.04. The highest BCUT2D eigenvalue weighted by Crippen LogP contribution is 2.36. The zero-order valence-electron chi connectivity index (χ0n) is 14.1. The van der Waals surface area contributed by atoms with E-state index in [0.29, 0.717) is 24.8 Å². The lowest BCUT2D eigenvalue weighted by atomic mass is 9.94. The lowest BCUT2D eigenvalue weighted by molar-refractivity contribution is -0.132. The Morgan fingerprint density at radius 2 is 2.21 bits per heavy atom. The van der Waals surface area contributed by atoms with E-state index < -0.39 is 0 Å². The lowest BCUT2D eigenvalue weighted by Gasteiger charge is -2.32. The van der Waals surface area contributed by atoms with E-state index in [4.69, 9.17) is 4.52 Å². The predicted molar refractivity (Wildman–Crippen MR) is 89.7 cm³/mol. The molecule has 0 saturated carbocycles. The molecule has 1 saturated heterocycles. The van der Waals surface area contributed by atoms with E-state index in [9.17, 15) is 4.79 Å². The van der Waals surface area contributed by atoms with Crippen molar-refractivity contribution < 1.29 is 9.32 Å². The van der Waals surface area contributed by atoms with Crippen molar-refractivity contribution in [3.05, 3.63) is 47.1 Å². The standard InChI is InChI=1S/C19H23N3O2/c1-13-20-19(21-24-13)16-6-4-10-22(12-16)18(23)11-15-9-8-14-5-2-3-7-17(14)15/h2-3,5,7,15-16H,4,6,8-12H2,1H3/t15-,16-/m1/s1. The molecule has 0 unspecified atom stereocenters. The first-order valence-electron chi connectivity index (χ1n) is 8.86. The highest BCUT2D eigenvalue weighted by molar-refractivity contribution is 5.77. The van der Waals surface area contributed by atoms with E-state index in [2.05, 4.69) is 34.4 Å². The molecular weight excluding hydrogens is 302 g/mol. The van der Waals surface area contributed by atoms with E-state index in [0.717, 1.165) is 38.1 Å². The summed E-state index contributed by atoms with van der Waals surface area (Å²) in [4.78, 5) is 19.2. The van der Waals surface area contributed by atoms with Crippen molar-refractivity contribution in [2.45, 2.75) is 50.9 Å². The van der Waals surface area contributed by atoms with Crippen LogP contribution >= 0.6 is 0 Å². The molecule has 0 bridgehead atoms. The molecule has 0 N–H and O–H groups in total. The largest absolute Gasteiger partial charge is 0.342 e. The first kappa shape index (κ1) is 15.4. The molecule has 1 aromatic heterocycles. The molecule has 2 aliphatic rings. The molecule has 2 atom stereocenters. The van der Waals surface area contributed by atoms with Crippen molar-refractivity contribution in [2.24, 2.45) is 0 Å². The Morgan fingerprint density at radius 1 is 1.33 bits per heavy atom. The van der Waals surface area contributed by atoms with Crippen LogP contribution in [0.5, 0.6) is 0 Å². The van der Waals surface area contributed by atoms with Crippen LogP contribution in [0.2, 0.25) is 0 Å². The minimum atomic E-state index is 0.205. The fraction of sp³-hybridized carbons (Fsp3) is 0.526. The van der Waals surface area contributed by atoms with Crippen LogP contribution in [0.3, 0.4) is 0 Å². The first-order chi connectivity index (χ1) is 11.7. The maximum absolute atomic E-state index is 12.8. The Bertz CT molecular complexity index is 740. The van der Waals surface area contributed by atoms with E-state index >= 15 is 0 Å². The number of rotatable bonds is 3. The number of aryl methyl sites for hydroxylation is 2. The van der Waals surface area contributed by atoms with Gasteiger partial charge in [0.1, 0.15) is 0 Å². The highest BCUT2D eigenvalue weighted by atomic mass is 16.5. The number of aromatic nitrogens is 2. The first-order valence-corrected chi connectivity index (χ1v) is 8.86. The van der Waals surface area contributed by atoms with Crippen LogP contribution in [-0.4, -0.2) is 34.0 Å². The molecule has 1 aliphatic heterocycles. The summed E-state index contributed by atoms with van der Waals surface area (Å²) in [5.41, 5.74) is 2.78. The Morgan fingerprint density at radius 3 is 3.04 bits per heavy atom. The topological polar surface area (TPSA) is 59.2 Å². The third-order valence-electron chi connectivity index (χ3n) is 5.36. The molecule has 24 heavy (non-hydrogen) atoms. The van der Waals surface area contributed by atoms with Crippen molar-refractivity contribution in [2.75, 3.05) is 13.1 Å². The van der Waals surface area contributed by atoms with Crippen molar-refractivity contribution in [3.8, 4) is 0 Å². The molecule has 1 amide bonds. The molecule has 0 radical (unpaired) electrons. The number of nitrogens with zero attached hydrogens (tertiary/aromatic N) is 3. The Labute approximate surface area is 142 Å². The maximum atomic E-state index is 12.8. The SMILES string of the molecule is Cc1nc([C@@H]2CCCN(C(=O)C[C@H]3CCc4ccccc43)C2)no1. The molecular formula is C19H23N3O2. The second kappa shape index (κ2) is 6.38. The fourth-order valence-corrected chi connectivity index (χ4v) is 4.09. The van der Waals surface area contributed by atoms with E-state index in [1.807, 2.05) is 4.90 Å². The number of benzene rings is 1. The van der Waals surface area contributed by atoms with Gasteiger partial charge >= 0.3 is 0 Å². The summed E-state index contributed by atoms with van der Waals surface area (Å²) in [5.74, 6) is 2.19. The van der Waals surface area contributed by atoms with Gasteiger partial charge in [-0.1, -0.05) is 29.4 Å². The van der Waals surface area contributed by atoms with Gasteiger partial charge in [-0.3, -0.25) is 4.79 Å². The van der Waals surface area contributed by atoms with E-state index in [1.165, 1.54) is 11.1 Å². The summed E-state index contributed by atoms with van der Waals surface area (Å²) in [7, 11) is 0. The van der Waals surface area contributed by atoms with Crippen LogP contribution in [-0.2, 0) is 11.2 Å². The summed E-state index contributed by atoms with van der Waals surface area (Å²) in [6.45, 7) is 3.37. The van der Waals surface area contributed by atoms with Crippen molar-refractivity contribution >= 4 is 5.91 Å². The van der Waals surface area contributed by atoms with E-state index in [1.54, 1.807) is 6.92 Å². The Kier molecular flexibility index (Phi) is 4.08. The monoisotopic (exact) mass is 325 g/mol. The van der Waals surface area contributed by atoms with Crippen molar-refractivity contribution in [3.63, 3.8) is 0 Å². The van der Waals surface area contributed by atoms with Gasteiger partial charge in [0.15, 0.2) is 5.82 Å². The molecule has 1 aromatic carbocycles. The van der Waals surface area contributed by atoms with Crippen LogP contribution in [0.1, 0.15) is 60.4 Å². The van der Waals surface area contributed by atoms with Crippen LogP contribution in [0.4, 0.5) is 0 Å². The fourth-order valence-electron chi connectivity index (χ4n) is 4.09. The summed E-state index contributed by atoms with van der Waals surface area (Å²) < 4.78 is 5.10. The highest BCUT2D eigenvalue weighted by Gasteiger charge is 2.30. The number of carbonyl (C=O) groups excluding carboxylic acids is 1. The summed E-state index contributed by atoms with van der Waals surface area (Å²) in [6.07, 6.45) is 4.83. The maximum Gasteiger partial charge on any atom is 0.223 e. The minimum absolute atomic E-state index is 0.205. The molecule has 1 aliphatic carbocycles. The third-order valence-corrected chi connectivity index (χ3v) is 5.36. The molecule has 2 heterocycles. The Hall–Kier alpha value is -2.17. The Balaban J connectivity index is 1.41. The van der Waals surface area contributed by atoms with Crippen LogP contribution in [0, 0.1) is 6.92 Å². The molecule has 4 rings (SSSR count). The second-order valence-corrected chi connectivity index (χ2v) is 6.99. The van der Waals surface area contributed by atoms with Gasteiger partial charge in [-0.05, 0) is 42.7 Å². The molecule has 5 nitrogen and oxygen atoms in total. The van der Waals surface area contributed by atoms with Gasteiger partial charge in [0.2, 0.25) is 11.8 Å². The summed E-state index contributed by atoms with van der Waals surface area (Å²) in [6, 6.07) is 8.54. The second-order valence-electron chi connectivity index (χ2n) is 6.99. The number of hydrogen-bond acceptors (Lipinski definition) is 4. The minimum Gasteiger partial charge on any atom is -0.342 e. The third kappa shape index (κ3) is 2.95. The normalized spacial score (nSPS) is 23.3. The molecule has 126 valence electrons. The quantitative estimate of drug-likeness (QED) is 0.869. The average molecular weight is 325 g/mol. The number of likely N-dealkylation sites (tertiary alicyclic amines) is 1. The van der Waals surface area contributed by atoms with Crippen molar-refractivity contribution in [1.82, 2.24) is 15.0 Å². The van der Waals surface area contributed by atoms with E-state index in [-0.39, 0.29) is 11.8 Å². The van der Waals surface area contributed by atoms with Gasteiger partial charge in [0, 0.05) is 32.4 Å². The molecule has 5 heteroatoms. The van der Waals surface area contributed by atoms with Crippen LogP contribution in [0.25, 0.3) is 0 Å². The number of amides is 1. The van der Waals surface area contributed by atoms with Crippen LogP contribution < -0.4 is 0 Å². The van der Waals surface area contributed by atoms with Gasteiger partial charge in [0.05, 0.1) is 0 Å². The average Bonchev–Trinajstić information content (AvgIpc) is 3.22. The van der Waals surface area contributed by atoms with Crippen molar-refractivity contribution in [1.29, 1.82) is 0 Å². The van der Waals surface area contributed by atoms with Gasteiger partial charge in [0.25, 0.3) is 0 Å². The number of piperidine rings is 1. The number of carbonyl (C=O) groups is 1. The number of hydrogen-bond donors (Lipinski definition) is 0. The smallest absolute Gasteiger partial charge is 0.223 e. The zero-order chi connectivity index (χ0) is 16.5. The molecule has 1 fully saturated rings. The van der Waals surface area contributed by atoms with Gasteiger partial charge in [-0.15, -0.1) is 0 Å². The van der Waals surface area contributed by atoms with Gasteiger partial charge < -0.3 is 9.42 Å².